The Hall–Kier alpha value is -1.72. The molecular weight excluding hydrogens is 276 g/mol. The number of rotatable bonds is 4. The summed E-state index contributed by atoms with van der Waals surface area (Å²) in [6.45, 7) is 7.59. The van der Waals surface area contributed by atoms with Gasteiger partial charge in [-0.1, -0.05) is 13.0 Å². The second-order valence-electron chi connectivity index (χ2n) is 6.04. The van der Waals surface area contributed by atoms with Crippen LogP contribution in [0, 0.1) is 0 Å². The van der Waals surface area contributed by atoms with Crippen molar-refractivity contribution in [2.45, 2.75) is 52.4 Å². The van der Waals surface area contributed by atoms with Crippen molar-refractivity contribution in [3.63, 3.8) is 0 Å². The minimum absolute atomic E-state index is 0.504. The first kappa shape index (κ1) is 15.2. The third-order valence-corrected chi connectivity index (χ3v) is 4.22. The van der Waals surface area contributed by atoms with Gasteiger partial charge in [0.15, 0.2) is 0 Å². The maximum absolute atomic E-state index is 9.69. The summed E-state index contributed by atoms with van der Waals surface area (Å²) in [5.41, 5.74) is 4.33. The summed E-state index contributed by atoms with van der Waals surface area (Å²) in [4.78, 5) is 6.96. The van der Waals surface area contributed by atoms with Gasteiger partial charge in [-0.3, -0.25) is 14.6 Å². The summed E-state index contributed by atoms with van der Waals surface area (Å²) in [6.07, 6.45) is 3.57. The third kappa shape index (κ3) is 3.36. The summed E-state index contributed by atoms with van der Waals surface area (Å²) in [5, 5.41) is 14.2. The van der Waals surface area contributed by atoms with Crippen LogP contribution in [0.1, 0.15) is 49.0 Å². The highest BCUT2D eigenvalue weighted by atomic mass is 16.3. The average molecular weight is 300 g/mol. The highest BCUT2D eigenvalue weighted by molar-refractivity contribution is 5.15. The predicted molar refractivity (Wildman–Crippen MR) is 85.2 cm³/mol. The van der Waals surface area contributed by atoms with Gasteiger partial charge in [-0.25, -0.2) is 0 Å². The molecular formula is C17H24N4O. The van der Waals surface area contributed by atoms with Crippen molar-refractivity contribution in [1.82, 2.24) is 19.7 Å². The molecule has 0 saturated carbocycles. The zero-order valence-corrected chi connectivity index (χ0v) is 13.4. The van der Waals surface area contributed by atoms with Crippen molar-refractivity contribution in [2.75, 3.05) is 6.54 Å². The van der Waals surface area contributed by atoms with Crippen LogP contribution in [0.5, 0.6) is 0 Å². The molecule has 0 bridgehead atoms. The van der Waals surface area contributed by atoms with Crippen LogP contribution in [0.3, 0.4) is 0 Å². The SMILES string of the molecule is CCc1ccc(CN2CCCn3nc(C(C)O)cc3C2)nc1. The van der Waals surface area contributed by atoms with E-state index in [-0.39, 0.29) is 0 Å². The highest BCUT2D eigenvalue weighted by Crippen LogP contribution is 2.19. The largest absolute Gasteiger partial charge is 0.387 e. The van der Waals surface area contributed by atoms with E-state index in [1.165, 1.54) is 11.3 Å². The Morgan fingerprint density at radius 3 is 2.86 bits per heavy atom. The van der Waals surface area contributed by atoms with Gasteiger partial charge in [-0.15, -0.1) is 0 Å². The van der Waals surface area contributed by atoms with Crippen LogP contribution in [-0.2, 0) is 26.1 Å². The van der Waals surface area contributed by atoms with Gasteiger partial charge in [0.05, 0.1) is 23.2 Å². The van der Waals surface area contributed by atoms with Crippen molar-refractivity contribution in [2.24, 2.45) is 0 Å². The number of nitrogens with zero attached hydrogens (tertiary/aromatic N) is 4. The normalized spacial score (nSPS) is 17.0. The first-order chi connectivity index (χ1) is 10.7. The molecule has 1 atom stereocenters. The Morgan fingerprint density at radius 2 is 2.18 bits per heavy atom. The molecule has 22 heavy (non-hydrogen) atoms. The summed E-state index contributed by atoms with van der Waals surface area (Å²) in [5.74, 6) is 0. The smallest absolute Gasteiger partial charge is 0.0950 e. The van der Waals surface area contributed by atoms with Crippen LogP contribution in [0.2, 0.25) is 0 Å². The van der Waals surface area contributed by atoms with E-state index in [4.69, 9.17) is 0 Å². The molecule has 0 aromatic carbocycles. The number of fused-ring (bicyclic) bond motifs is 1. The average Bonchev–Trinajstić information content (AvgIpc) is 2.82. The maximum atomic E-state index is 9.69. The Bertz CT molecular complexity index is 618. The molecule has 5 heteroatoms. The van der Waals surface area contributed by atoms with Gasteiger partial charge >= 0.3 is 0 Å². The van der Waals surface area contributed by atoms with Gasteiger partial charge in [0.1, 0.15) is 0 Å². The molecule has 1 aliphatic rings. The fourth-order valence-corrected chi connectivity index (χ4v) is 2.88. The molecule has 3 rings (SSSR count). The van der Waals surface area contributed by atoms with Crippen molar-refractivity contribution in [3.8, 4) is 0 Å². The molecule has 2 aromatic heterocycles. The summed E-state index contributed by atoms with van der Waals surface area (Å²) in [7, 11) is 0. The minimum Gasteiger partial charge on any atom is -0.387 e. The van der Waals surface area contributed by atoms with Crippen LogP contribution in [-0.4, -0.2) is 31.3 Å². The zero-order chi connectivity index (χ0) is 15.5. The topological polar surface area (TPSA) is 54.2 Å². The number of hydrogen-bond donors (Lipinski definition) is 1. The van der Waals surface area contributed by atoms with Gasteiger partial charge in [0, 0.05) is 32.4 Å². The molecule has 1 aliphatic heterocycles. The maximum Gasteiger partial charge on any atom is 0.0950 e. The molecule has 0 aliphatic carbocycles. The Labute approximate surface area is 131 Å². The molecule has 0 spiro atoms. The number of hydrogen-bond acceptors (Lipinski definition) is 4. The first-order valence-electron chi connectivity index (χ1n) is 8.06. The molecule has 118 valence electrons. The van der Waals surface area contributed by atoms with E-state index in [1.807, 2.05) is 16.9 Å². The van der Waals surface area contributed by atoms with Crippen molar-refractivity contribution in [1.29, 1.82) is 0 Å². The van der Waals surface area contributed by atoms with Gasteiger partial charge in [-0.2, -0.15) is 5.10 Å². The Balaban J connectivity index is 1.71. The Morgan fingerprint density at radius 1 is 1.32 bits per heavy atom. The summed E-state index contributed by atoms with van der Waals surface area (Å²) in [6, 6.07) is 6.31. The van der Waals surface area contributed by atoms with Crippen LogP contribution >= 0.6 is 0 Å². The van der Waals surface area contributed by atoms with Gasteiger partial charge in [0.2, 0.25) is 0 Å². The van der Waals surface area contributed by atoms with Gasteiger partial charge < -0.3 is 5.11 Å². The number of aliphatic hydroxyl groups is 1. The first-order valence-corrected chi connectivity index (χ1v) is 8.06. The second-order valence-corrected chi connectivity index (χ2v) is 6.04. The molecule has 5 nitrogen and oxygen atoms in total. The summed E-state index contributed by atoms with van der Waals surface area (Å²) >= 11 is 0. The van der Waals surface area contributed by atoms with E-state index in [0.717, 1.165) is 50.4 Å². The number of aliphatic hydroxyl groups excluding tert-OH is 1. The van der Waals surface area contributed by atoms with E-state index in [0.29, 0.717) is 0 Å². The van der Waals surface area contributed by atoms with Crippen LogP contribution in [0.25, 0.3) is 0 Å². The second kappa shape index (κ2) is 6.58. The van der Waals surface area contributed by atoms with E-state index >= 15 is 0 Å². The standard InChI is InChI=1S/C17H24N4O/c1-3-14-5-6-15(18-10-14)11-20-7-4-8-21-16(12-20)9-17(19-21)13(2)22/h5-6,9-10,13,22H,3-4,7-8,11-12H2,1-2H3. The molecule has 0 amide bonds. The number of aryl methyl sites for hydroxylation is 2. The third-order valence-electron chi connectivity index (χ3n) is 4.22. The Kier molecular flexibility index (Phi) is 4.55. The molecule has 2 aromatic rings. The molecule has 1 unspecified atom stereocenters. The fraction of sp³-hybridized carbons (Fsp3) is 0.529. The van der Waals surface area contributed by atoms with E-state index < -0.39 is 6.10 Å². The lowest BCUT2D eigenvalue weighted by Gasteiger charge is -2.19. The van der Waals surface area contributed by atoms with Crippen LogP contribution < -0.4 is 0 Å². The zero-order valence-electron chi connectivity index (χ0n) is 13.4. The minimum atomic E-state index is -0.504. The van der Waals surface area contributed by atoms with Gasteiger partial charge in [-0.05, 0) is 37.5 Å². The van der Waals surface area contributed by atoms with Crippen molar-refractivity contribution >= 4 is 0 Å². The van der Waals surface area contributed by atoms with Crippen LogP contribution in [0.4, 0.5) is 0 Å². The highest BCUT2D eigenvalue weighted by Gasteiger charge is 2.18. The van der Waals surface area contributed by atoms with E-state index in [1.54, 1.807) is 6.92 Å². The number of aromatic nitrogens is 3. The quantitative estimate of drug-likeness (QED) is 0.941. The molecule has 0 fully saturated rings. The van der Waals surface area contributed by atoms with E-state index in [9.17, 15) is 5.11 Å². The number of pyridine rings is 1. The summed E-state index contributed by atoms with van der Waals surface area (Å²) < 4.78 is 2.04. The lowest BCUT2D eigenvalue weighted by Crippen LogP contribution is -2.23. The lowest BCUT2D eigenvalue weighted by atomic mass is 10.2. The van der Waals surface area contributed by atoms with Crippen LogP contribution in [0.15, 0.2) is 24.4 Å². The predicted octanol–water partition coefficient (Wildman–Crippen LogP) is 2.30. The monoisotopic (exact) mass is 300 g/mol. The van der Waals surface area contributed by atoms with E-state index in [2.05, 4.69) is 34.0 Å². The molecule has 0 radical (unpaired) electrons. The van der Waals surface area contributed by atoms with Gasteiger partial charge in [0.25, 0.3) is 0 Å². The molecule has 0 saturated heterocycles. The molecule has 1 N–H and O–H groups in total. The van der Waals surface area contributed by atoms with Crippen molar-refractivity contribution in [3.05, 3.63) is 47.0 Å². The fourth-order valence-electron chi connectivity index (χ4n) is 2.88. The lowest BCUT2D eigenvalue weighted by molar-refractivity contribution is 0.193. The molecule has 3 heterocycles. The van der Waals surface area contributed by atoms with Crippen molar-refractivity contribution < 1.29 is 5.11 Å².